The normalized spacial score (nSPS) is 27.4. The SMILES string of the molecule is O=C(O)N1CC2CN(Cc3ccccc3)OC2C1. The van der Waals surface area contributed by atoms with Crippen molar-refractivity contribution in [2.24, 2.45) is 5.92 Å². The molecule has 1 N–H and O–H groups in total. The van der Waals surface area contributed by atoms with Crippen LogP contribution in [-0.4, -0.2) is 46.9 Å². The van der Waals surface area contributed by atoms with Gasteiger partial charge in [0.2, 0.25) is 0 Å². The fourth-order valence-corrected chi connectivity index (χ4v) is 2.68. The molecule has 3 rings (SSSR count). The molecule has 2 fully saturated rings. The minimum absolute atomic E-state index is 0.0322. The predicted molar refractivity (Wildman–Crippen MR) is 64.8 cm³/mol. The fourth-order valence-electron chi connectivity index (χ4n) is 2.68. The second-order valence-electron chi connectivity index (χ2n) is 4.90. The molecule has 96 valence electrons. The van der Waals surface area contributed by atoms with Crippen molar-refractivity contribution in [2.45, 2.75) is 12.6 Å². The minimum atomic E-state index is -0.845. The largest absolute Gasteiger partial charge is 0.465 e. The standard InChI is InChI=1S/C13H16N2O3/c16-13(17)14-7-11-8-15(18-12(11)9-14)6-10-4-2-1-3-5-10/h1-5,11-12H,6-9H2,(H,16,17). The van der Waals surface area contributed by atoms with Crippen LogP contribution in [0.3, 0.4) is 0 Å². The summed E-state index contributed by atoms with van der Waals surface area (Å²) in [5.74, 6) is 0.310. The topological polar surface area (TPSA) is 53.0 Å². The third-order valence-electron chi connectivity index (χ3n) is 3.58. The van der Waals surface area contributed by atoms with E-state index in [-0.39, 0.29) is 6.10 Å². The number of hydrogen-bond acceptors (Lipinski definition) is 3. The average Bonchev–Trinajstić information content (AvgIpc) is 2.88. The summed E-state index contributed by atoms with van der Waals surface area (Å²) in [6.07, 6.45) is -0.813. The van der Waals surface area contributed by atoms with Crippen LogP contribution >= 0.6 is 0 Å². The molecule has 5 nitrogen and oxygen atoms in total. The number of likely N-dealkylation sites (tertiary alicyclic amines) is 1. The molecule has 0 bridgehead atoms. The van der Waals surface area contributed by atoms with Crippen molar-refractivity contribution >= 4 is 6.09 Å². The van der Waals surface area contributed by atoms with E-state index in [2.05, 4.69) is 12.1 Å². The molecule has 0 saturated carbocycles. The third kappa shape index (κ3) is 2.19. The van der Waals surface area contributed by atoms with Gasteiger partial charge in [0.1, 0.15) is 6.10 Å². The number of carboxylic acid groups (broad SMARTS) is 1. The van der Waals surface area contributed by atoms with E-state index in [9.17, 15) is 4.79 Å². The maximum absolute atomic E-state index is 10.9. The number of carbonyl (C=O) groups is 1. The lowest BCUT2D eigenvalue weighted by atomic mass is 10.1. The molecule has 2 heterocycles. The number of rotatable bonds is 2. The zero-order valence-electron chi connectivity index (χ0n) is 10.0. The molecule has 18 heavy (non-hydrogen) atoms. The van der Waals surface area contributed by atoms with Gasteiger partial charge in [-0.1, -0.05) is 30.3 Å². The van der Waals surface area contributed by atoms with Crippen molar-refractivity contribution in [3.8, 4) is 0 Å². The summed E-state index contributed by atoms with van der Waals surface area (Å²) in [6.45, 7) is 2.65. The van der Waals surface area contributed by atoms with Crippen LogP contribution in [-0.2, 0) is 11.4 Å². The molecular formula is C13H16N2O3. The Kier molecular flexibility index (Phi) is 2.93. The fraction of sp³-hybridized carbons (Fsp3) is 0.462. The Hall–Kier alpha value is -1.59. The van der Waals surface area contributed by atoms with Crippen LogP contribution < -0.4 is 0 Å². The Morgan fingerprint density at radius 3 is 2.72 bits per heavy atom. The first-order valence-corrected chi connectivity index (χ1v) is 6.16. The molecule has 2 saturated heterocycles. The number of benzene rings is 1. The monoisotopic (exact) mass is 248 g/mol. The van der Waals surface area contributed by atoms with E-state index in [4.69, 9.17) is 9.94 Å². The molecule has 1 aromatic carbocycles. The second-order valence-corrected chi connectivity index (χ2v) is 4.90. The molecule has 2 atom stereocenters. The van der Waals surface area contributed by atoms with Crippen LogP contribution in [0.15, 0.2) is 30.3 Å². The highest BCUT2D eigenvalue weighted by Gasteiger charge is 2.43. The Balaban J connectivity index is 1.57. The third-order valence-corrected chi connectivity index (χ3v) is 3.58. The minimum Gasteiger partial charge on any atom is -0.465 e. The van der Waals surface area contributed by atoms with Crippen LogP contribution in [0.25, 0.3) is 0 Å². The Morgan fingerprint density at radius 1 is 1.28 bits per heavy atom. The van der Waals surface area contributed by atoms with Crippen LogP contribution in [0.4, 0.5) is 4.79 Å². The number of hydrogen-bond donors (Lipinski definition) is 1. The van der Waals surface area contributed by atoms with Crippen molar-refractivity contribution in [2.75, 3.05) is 19.6 Å². The zero-order valence-corrected chi connectivity index (χ0v) is 10.0. The van der Waals surface area contributed by atoms with Crippen LogP contribution in [0, 0.1) is 5.92 Å². The van der Waals surface area contributed by atoms with E-state index in [1.165, 1.54) is 10.5 Å². The van der Waals surface area contributed by atoms with Gasteiger partial charge in [0.25, 0.3) is 0 Å². The summed E-state index contributed by atoms with van der Waals surface area (Å²) in [6, 6.07) is 10.2. The molecule has 0 spiro atoms. The van der Waals surface area contributed by atoms with Gasteiger partial charge in [-0.3, -0.25) is 4.84 Å². The average molecular weight is 248 g/mol. The number of hydroxylamine groups is 2. The van der Waals surface area contributed by atoms with Gasteiger partial charge < -0.3 is 10.0 Å². The summed E-state index contributed by atoms with van der Waals surface area (Å²) >= 11 is 0. The lowest BCUT2D eigenvalue weighted by molar-refractivity contribution is -0.152. The van der Waals surface area contributed by atoms with Gasteiger partial charge in [-0.05, 0) is 5.56 Å². The highest BCUT2D eigenvalue weighted by molar-refractivity contribution is 5.65. The molecule has 2 aliphatic heterocycles. The zero-order chi connectivity index (χ0) is 12.5. The van der Waals surface area contributed by atoms with Gasteiger partial charge >= 0.3 is 6.09 Å². The molecular weight excluding hydrogens is 232 g/mol. The highest BCUT2D eigenvalue weighted by Crippen LogP contribution is 2.29. The molecule has 0 radical (unpaired) electrons. The maximum Gasteiger partial charge on any atom is 0.407 e. The molecule has 2 unspecified atom stereocenters. The van der Waals surface area contributed by atoms with Gasteiger partial charge in [-0.2, -0.15) is 5.06 Å². The smallest absolute Gasteiger partial charge is 0.407 e. The van der Waals surface area contributed by atoms with Crippen molar-refractivity contribution < 1.29 is 14.7 Å². The molecule has 1 amide bonds. The lowest BCUT2D eigenvalue weighted by Gasteiger charge is -2.19. The maximum atomic E-state index is 10.9. The van der Waals surface area contributed by atoms with Gasteiger partial charge in [0.15, 0.2) is 0 Å². The van der Waals surface area contributed by atoms with E-state index in [1.807, 2.05) is 23.3 Å². The lowest BCUT2D eigenvalue weighted by Crippen LogP contribution is -2.31. The summed E-state index contributed by atoms with van der Waals surface area (Å²) in [5, 5.41) is 10.9. The predicted octanol–water partition coefficient (Wildman–Crippen LogP) is 1.41. The Labute approximate surface area is 106 Å². The van der Waals surface area contributed by atoms with E-state index >= 15 is 0 Å². The first-order chi connectivity index (χ1) is 8.72. The highest BCUT2D eigenvalue weighted by atomic mass is 16.7. The number of fused-ring (bicyclic) bond motifs is 1. The molecule has 0 aromatic heterocycles. The Bertz CT molecular complexity index is 423. The molecule has 2 aliphatic rings. The van der Waals surface area contributed by atoms with Gasteiger partial charge in [-0.15, -0.1) is 0 Å². The number of amides is 1. The number of nitrogens with zero attached hydrogens (tertiary/aromatic N) is 2. The van der Waals surface area contributed by atoms with Crippen molar-refractivity contribution in [1.29, 1.82) is 0 Å². The summed E-state index contributed by atoms with van der Waals surface area (Å²) in [7, 11) is 0. The van der Waals surface area contributed by atoms with Crippen molar-refractivity contribution in [3.05, 3.63) is 35.9 Å². The Morgan fingerprint density at radius 2 is 2.06 bits per heavy atom. The van der Waals surface area contributed by atoms with Crippen LogP contribution in [0.2, 0.25) is 0 Å². The summed E-state index contributed by atoms with van der Waals surface area (Å²) in [5.41, 5.74) is 1.22. The van der Waals surface area contributed by atoms with Crippen LogP contribution in [0.1, 0.15) is 5.56 Å². The van der Waals surface area contributed by atoms with Gasteiger partial charge in [0.05, 0.1) is 6.54 Å². The van der Waals surface area contributed by atoms with Gasteiger partial charge in [-0.25, -0.2) is 4.79 Å². The first-order valence-electron chi connectivity index (χ1n) is 6.16. The second kappa shape index (κ2) is 4.59. The summed E-state index contributed by atoms with van der Waals surface area (Å²) in [4.78, 5) is 18.1. The molecule has 0 aliphatic carbocycles. The molecule has 1 aromatic rings. The van der Waals surface area contributed by atoms with E-state index in [0.717, 1.165) is 13.1 Å². The van der Waals surface area contributed by atoms with Crippen molar-refractivity contribution in [3.63, 3.8) is 0 Å². The quantitative estimate of drug-likeness (QED) is 0.859. The first kappa shape index (κ1) is 11.5. The summed E-state index contributed by atoms with van der Waals surface area (Å²) < 4.78 is 0. The van der Waals surface area contributed by atoms with E-state index in [0.29, 0.717) is 19.0 Å². The van der Waals surface area contributed by atoms with Crippen molar-refractivity contribution in [1.82, 2.24) is 9.96 Å². The van der Waals surface area contributed by atoms with Gasteiger partial charge in [0, 0.05) is 25.6 Å². The van der Waals surface area contributed by atoms with E-state index in [1.54, 1.807) is 0 Å². The molecule has 5 heteroatoms. The van der Waals surface area contributed by atoms with E-state index < -0.39 is 6.09 Å². The van der Waals surface area contributed by atoms with Crippen LogP contribution in [0.5, 0.6) is 0 Å².